The minimum absolute atomic E-state index is 0.238. The third-order valence-electron chi connectivity index (χ3n) is 9.99. The van der Waals surface area contributed by atoms with Crippen LogP contribution in [0, 0.1) is 39.9 Å². The minimum Gasteiger partial charge on any atom is -0.299 e. The molecule has 9 aliphatic rings. The molecule has 0 radical (unpaired) electrons. The van der Waals surface area contributed by atoms with Crippen LogP contribution in [0.5, 0.6) is 0 Å². The van der Waals surface area contributed by atoms with Crippen LogP contribution in [0.3, 0.4) is 0 Å². The molecule has 22 heavy (non-hydrogen) atoms. The number of nitrogens with zero attached hydrogens (tertiary/aromatic N) is 1. The van der Waals surface area contributed by atoms with Crippen molar-refractivity contribution in [3.05, 3.63) is 12.2 Å². The molecule has 4 unspecified atom stereocenters. The lowest BCUT2D eigenvalue weighted by Crippen LogP contribution is -2.61. The largest absolute Gasteiger partial charge is 0.299 e. The Labute approximate surface area is 132 Å². The van der Waals surface area contributed by atoms with E-state index in [0.29, 0.717) is 34.0 Å². The Morgan fingerprint density at radius 2 is 2.18 bits per heavy atom. The van der Waals surface area contributed by atoms with E-state index in [9.17, 15) is 4.79 Å². The van der Waals surface area contributed by atoms with Gasteiger partial charge in [0.2, 0.25) is 0 Å². The van der Waals surface area contributed by atoms with E-state index >= 15 is 0 Å². The minimum atomic E-state index is 0.238. The number of hydrogen-bond acceptors (Lipinski definition) is 2. The Morgan fingerprint density at radius 3 is 3.05 bits per heavy atom. The van der Waals surface area contributed by atoms with Crippen LogP contribution in [0.4, 0.5) is 0 Å². The van der Waals surface area contributed by atoms with E-state index in [2.05, 4.69) is 18.4 Å². The predicted molar refractivity (Wildman–Crippen MR) is 83.1 cm³/mol. The molecule has 2 nitrogen and oxygen atoms in total. The quantitative estimate of drug-likeness (QED) is 0.640. The number of ketones is 1. The molecule has 0 aromatic carbocycles. The highest BCUT2D eigenvalue weighted by Crippen LogP contribution is 2.86. The highest BCUT2D eigenvalue weighted by molar-refractivity contribution is 5.91. The fourth-order valence-electron chi connectivity index (χ4n) is 10.2. The summed E-state index contributed by atoms with van der Waals surface area (Å²) in [6.07, 6.45) is 8.00. The summed E-state index contributed by atoms with van der Waals surface area (Å²) in [5.41, 5.74) is 2.76. The van der Waals surface area contributed by atoms with Crippen LogP contribution in [0.25, 0.3) is 0 Å². The van der Waals surface area contributed by atoms with E-state index in [4.69, 9.17) is 0 Å². The molecule has 6 saturated carbocycles. The molecule has 9 rings (SSSR count). The van der Waals surface area contributed by atoms with Gasteiger partial charge in [0, 0.05) is 30.5 Å². The van der Waals surface area contributed by atoms with Crippen LogP contribution < -0.4 is 0 Å². The SMILES string of the molecule is C=C1CC23C[C@@H]4[C@H]5C67CCC[C@@]5(C)CN4C6[C@H]2C(=O)[C@H]1C[C@H]37. The molecule has 10 atom stereocenters. The molecule has 2 heteroatoms. The maximum absolute atomic E-state index is 13.3. The number of piperidine rings is 2. The first-order valence-electron chi connectivity index (χ1n) is 9.50. The topological polar surface area (TPSA) is 20.3 Å². The number of allylic oxidation sites excluding steroid dienone is 1. The summed E-state index contributed by atoms with van der Waals surface area (Å²) in [6, 6.07) is 1.46. The van der Waals surface area contributed by atoms with Crippen LogP contribution in [-0.2, 0) is 4.79 Å². The molecule has 3 heterocycles. The summed E-state index contributed by atoms with van der Waals surface area (Å²) in [7, 11) is 0. The number of rotatable bonds is 0. The zero-order valence-electron chi connectivity index (χ0n) is 13.5. The van der Waals surface area contributed by atoms with Gasteiger partial charge in [0.25, 0.3) is 0 Å². The van der Waals surface area contributed by atoms with Crippen molar-refractivity contribution in [2.75, 3.05) is 6.54 Å². The molecule has 0 N–H and O–H groups in total. The van der Waals surface area contributed by atoms with Crippen molar-refractivity contribution in [1.82, 2.24) is 4.90 Å². The van der Waals surface area contributed by atoms with Gasteiger partial charge < -0.3 is 0 Å². The van der Waals surface area contributed by atoms with Crippen molar-refractivity contribution in [2.24, 2.45) is 39.9 Å². The molecule has 0 aromatic rings. The molecule has 9 fully saturated rings. The maximum atomic E-state index is 13.3. The van der Waals surface area contributed by atoms with Crippen LogP contribution >= 0.6 is 0 Å². The van der Waals surface area contributed by atoms with Crippen LogP contribution in [0.15, 0.2) is 12.2 Å². The van der Waals surface area contributed by atoms with E-state index in [1.165, 1.54) is 50.6 Å². The third kappa shape index (κ3) is 0.800. The Bertz CT molecular complexity index is 683. The zero-order valence-corrected chi connectivity index (χ0v) is 13.5. The van der Waals surface area contributed by atoms with E-state index in [-0.39, 0.29) is 5.92 Å². The van der Waals surface area contributed by atoms with Gasteiger partial charge in [-0.05, 0) is 60.2 Å². The van der Waals surface area contributed by atoms with Gasteiger partial charge in [-0.1, -0.05) is 25.5 Å². The van der Waals surface area contributed by atoms with Crippen molar-refractivity contribution in [3.63, 3.8) is 0 Å². The Morgan fingerprint density at radius 1 is 1.32 bits per heavy atom. The van der Waals surface area contributed by atoms with E-state index in [1.54, 1.807) is 0 Å². The Balaban J connectivity index is 1.55. The smallest absolute Gasteiger partial charge is 0.145 e. The summed E-state index contributed by atoms with van der Waals surface area (Å²) in [5, 5.41) is 0. The maximum Gasteiger partial charge on any atom is 0.145 e. The van der Waals surface area contributed by atoms with Crippen molar-refractivity contribution in [1.29, 1.82) is 0 Å². The van der Waals surface area contributed by atoms with E-state index in [1.807, 2.05) is 0 Å². The van der Waals surface area contributed by atoms with Gasteiger partial charge in [-0.15, -0.1) is 0 Å². The van der Waals surface area contributed by atoms with Gasteiger partial charge in [-0.25, -0.2) is 0 Å². The van der Waals surface area contributed by atoms with Crippen molar-refractivity contribution < 1.29 is 4.79 Å². The number of Topliss-reactive ketones (excluding diaryl/α,β-unsaturated/α-hetero) is 1. The lowest BCUT2D eigenvalue weighted by molar-refractivity contribution is -0.152. The van der Waals surface area contributed by atoms with E-state index in [0.717, 1.165) is 17.9 Å². The standard InChI is InChI=1S/C20H25NO/c1-10-7-19-8-12-16-18(2)4-3-5-20(16)13(19)6-11(10)15(22)14(19)17(20)21(12)9-18/h11-14,16-17H,1,3-9H2,2H3/t11-,12+,13+,14+,16+,17?,18-,19?,20?/m0/s1. The van der Waals surface area contributed by atoms with Crippen LogP contribution in [0.1, 0.15) is 45.4 Å². The summed E-state index contributed by atoms with van der Waals surface area (Å²) in [4.78, 5) is 16.1. The average Bonchev–Trinajstić information content (AvgIpc) is 2.88. The number of hydrogen-bond donors (Lipinski definition) is 0. The first-order chi connectivity index (χ1) is 10.5. The van der Waals surface area contributed by atoms with Crippen molar-refractivity contribution in [2.45, 2.75) is 57.5 Å². The van der Waals surface area contributed by atoms with Gasteiger partial charge in [-0.3, -0.25) is 9.69 Å². The molecule has 2 spiro atoms. The van der Waals surface area contributed by atoms with E-state index < -0.39 is 0 Å². The Kier molecular flexibility index (Phi) is 1.56. The molecule has 116 valence electrons. The molecule has 0 aromatic heterocycles. The fraction of sp³-hybridized carbons (Fsp3) is 0.850. The monoisotopic (exact) mass is 295 g/mol. The van der Waals surface area contributed by atoms with Gasteiger partial charge in [-0.2, -0.15) is 0 Å². The van der Waals surface area contributed by atoms with Gasteiger partial charge in [0.15, 0.2) is 0 Å². The van der Waals surface area contributed by atoms with Crippen molar-refractivity contribution in [3.8, 4) is 0 Å². The first-order valence-corrected chi connectivity index (χ1v) is 9.50. The number of carbonyl (C=O) groups is 1. The number of carbonyl (C=O) groups excluding carboxylic acids is 1. The molecule has 6 aliphatic carbocycles. The van der Waals surface area contributed by atoms with Gasteiger partial charge in [0.05, 0.1) is 0 Å². The summed E-state index contributed by atoms with van der Waals surface area (Å²) >= 11 is 0. The average molecular weight is 295 g/mol. The second-order valence-corrected chi connectivity index (χ2v) is 10.3. The highest BCUT2D eigenvalue weighted by atomic mass is 16.1. The molecule has 3 aliphatic heterocycles. The highest BCUT2D eigenvalue weighted by Gasteiger charge is 2.88. The van der Waals surface area contributed by atoms with Crippen LogP contribution in [-0.4, -0.2) is 29.3 Å². The molecular weight excluding hydrogens is 270 g/mol. The second kappa shape index (κ2) is 2.90. The fourth-order valence-corrected chi connectivity index (χ4v) is 10.2. The summed E-state index contributed by atoms with van der Waals surface area (Å²) < 4.78 is 0. The molecule has 3 saturated heterocycles. The van der Waals surface area contributed by atoms with Gasteiger partial charge >= 0.3 is 0 Å². The first kappa shape index (κ1) is 11.8. The Hall–Kier alpha value is -0.630. The lowest BCUT2D eigenvalue weighted by Gasteiger charge is -2.62. The normalized spacial score (nSPS) is 71.8. The number of fused-ring (bicyclic) bond motifs is 1. The summed E-state index contributed by atoms with van der Waals surface area (Å²) in [6.45, 7) is 8.22. The van der Waals surface area contributed by atoms with Crippen LogP contribution in [0.2, 0.25) is 0 Å². The third-order valence-corrected chi connectivity index (χ3v) is 9.99. The summed E-state index contributed by atoms with van der Waals surface area (Å²) in [5.74, 6) is 3.02. The second-order valence-electron chi connectivity index (χ2n) is 10.3. The van der Waals surface area contributed by atoms with Crippen molar-refractivity contribution >= 4 is 5.78 Å². The predicted octanol–water partition coefficient (Wildman–Crippen LogP) is 3.03. The zero-order chi connectivity index (χ0) is 14.6. The molecule has 9 bridgehead atoms. The van der Waals surface area contributed by atoms with Gasteiger partial charge in [0.1, 0.15) is 5.78 Å². The molecule has 0 amide bonds. The lowest BCUT2D eigenvalue weighted by atomic mass is 9.41. The molecular formula is C20H25NO.